The number of aliphatic carboxylic acids is 1. The van der Waals surface area contributed by atoms with E-state index in [4.69, 9.17) is 5.11 Å². The second kappa shape index (κ2) is 5.33. The highest BCUT2D eigenvalue weighted by atomic mass is 32.2. The Hall–Kier alpha value is -1.56. The minimum absolute atomic E-state index is 0.0243. The van der Waals surface area contributed by atoms with Crippen LogP contribution in [-0.2, 0) is 4.79 Å². The molecule has 2 heterocycles. The highest BCUT2D eigenvalue weighted by Crippen LogP contribution is 2.48. The number of pyridine rings is 1. The lowest BCUT2D eigenvalue weighted by Crippen LogP contribution is -2.22. The summed E-state index contributed by atoms with van der Waals surface area (Å²) in [6.45, 7) is 4.54. The van der Waals surface area contributed by atoms with Crippen molar-refractivity contribution >= 4 is 28.9 Å². The van der Waals surface area contributed by atoms with E-state index in [9.17, 15) is 4.79 Å². The molecule has 0 aromatic carbocycles. The van der Waals surface area contributed by atoms with Crippen molar-refractivity contribution in [3.63, 3.8) is 0 Å². The molecule has 0 bridgehead atoms. The maximum atomic E-state index is 10.9. The van der Waals surface area contributed by atoms with Gasteiger partial charge >= 0.3 is 5.97 Å². The second-order valence-electron chi connectivity index (χ2n) is 6.19. The monoisotopic (exact) mass is 305 g/mol. The number of aromatic nitrogens is 3. The number of imidazole rings is 1. The molecule has 1 aliphatic carbocycles. The lowest BCUT2D eigenvalue weighted by Gasteiger charge is -2.29. The predicted molar refractivity (Wildman–Crippen MR) is 82.6 cm³/mol. The first kappa shape index (κ1) is 14.4. The molecule has 21 heavy (non-hydrogen) atoms. The van der Waals surface area contributed by atoms with E-state index in [-0.39, 0.29) is 11.2 Å². The Morgan fingerprint density at radius 3 is 3.05 bits per heavy atom. The number of thioether (sulfide) groups is 1. The van der Waals surface area contributed by atoms with Crippen LogP contribution in [0.3, 0.4) is 0 Å². The fourth-order valence-corrected chi connectivity index (χ4v) is 3.97. The Kier molecular flexibility index (Phi) is 3.65. The van der Waals surface area contributed by atoms with E-state index in [1.165, 1.54) is 24.6 Å². The molecule has 1 unspecified atom stereocenters. The number of hydrogen-bond donors (Lipinski definition) is 1. The van der Waals surface area contributed by atoms with Gasteiger partial charge in [-0.15, -0.1) is 0 Å². The van der Waals surface area contributed by atoms with Gasteiger partial charge in [-0.2, -0.15) is 0 Å². The first-order valence-electron chi connectivity index (χ1n) is 7.16. The van der Waals surface area contributed by atoms with Crippen LogP contribution in [0.15, 0.2) is 23.5 Å². The van der Waals surface area contributed by atoms with Crippen molar-refractivity contribution in [2.24, 2.45) is 5.41 Å². The third kappa shape index (κ3) is 2.64. The minimum Gasteiger partial charge on any atom is -0.481 e. The highest BCUT2D eigenvalue weighted by Gasteiger charge is 2.38. The zero-order valence-corrected chi connectivity index (χ0v) is 13.1. The van der Waals surface area contributed by atoms with Crippen molar-refractivity contribution < 1.29 is 9.90 Å². The maximum absolute atomic E-state index is 10.9. The zero-order valence-electron chi connectivity index (χ0n) is 12.2. The average Bonchev–Trinajstić information content (AvgIpc) is 2.95. The molecule has 1 saturated carbocycles. The van der Waals surface area contributed by atoms with Gasteiger partial charge in [0.15, 0.2) is 10.8 Å². The molecular weight excluding hydrogens is 286 g/mol. The van der Waals surface area contributed by atoms with Gasteiger partial charge in [0.25, 0.3) is 0 Å². The molecule has 1 atom stereocenters. The SMILES string of the molecule is CC1(C)CCCC1n1c(SCC(=O)O)nc2cccnc21. The van der Waals surface area contributed by atoms with Crippen LogP contribution >= 0.6 is 11.8 Å². The lowest BCUT2D eigenvalue weighted by atomic mass is 9.87. The van der Waals surface area contributed by atoms with Gasteiger partial charge in [0.2, 0.25) is 0 Å². The molecule has 2 aromatic heterocycles. The van der Waals surface area contributed by atoms with Crippen molar-refractivity contribution in [1.82, 2.24) is 14.5 Å². The van der Waals surface area contributed by atoms with Crippen LogP contribution in [0.2, 0.25) is 0 Å². The summed E-state index contributed by atoms with van der Waals surface area (Å²) in [4.78, 5) is 19.9. The third-order valence-electron chi connectivity index (χ3n) is 4.25. The molecule has 0 radical (unpaired) electrons. The highest BCUT2D eigenvalue weighted by molar-refractivity contribution is 7.99. The number of carboxylic acid groups (broad SMARTS) is 1. The van der Waals surface area contributed by atoms with Crippen molar-refractivity contribution in [3.05, 3.63) is 18.3 Å². The summed E-state index contributed by atoms with van der Waals surface area (Å²) in [6.07, 6.45) is 5.23. The minimum atomic E-state index is -0.822. The molecule has 1 N–H and O–H groups in total. The standard InChI is InChI=1S/C15H19N3O2S/c1-15(2)7-3-6-11(15)18-13-10(5-4-8-16-13)17-14(18)21-9-12(19)20/h4-5,8,11H,3,6-7,9H2,1-2H3,(H,19,20). The van der Waals surface area contributed by atoms with Crippen molar-refractivity contribution in [1.29, 1.82) is 0 Å². The first-order valence-corrected chi connectivity index (χ1v) is 8.15. The molecule has 0 saturated heterocycles. The Balaban J connectivity index is 2.09. The number of carbonyl (C=O) groups is 1. The van der Waals surface area contributed by atoms with Crippen molar-refractivity contribution in [2.75, 3.05) is 5.75 Å². The van der Waals surface area contributed by atoms with Crippen LogP contribution in [0.25, 0.3) is 11.2 Å². The smallest absolute Gasteiger partial charge is 0.313 e. The number of carboxylic acids is 1. The van der Waals surface area contributed by atoms with Crippen molar-refractivity contribution in [2.45, 2.75) is 44.3 Å². The number of hydrogen-bond acceptors (Lipinski definition) is 4. The molecule has 0 amide bonds. The molecule has 112 valence electrons. The Bertz CT molecular complexity index is 681. The molecule has 0 spiro atoms. The summed E-state index contributed by atoms with van der Waals surface area (Å²) >= 11 is 1.28. The summed E-state index contributed by atoms with van der Waals surface area (Å²) in [5, 5.41) is 9.70. The summed E-state index contributed by atoms with van der Waals surface area (Å²) in [5.74, 6) is -0.798. The number of nitrogens with zero attached hydrogens (tertiary/aromatic N) is 3. The molecule has 6 heteroatoms. The van der Waals surface area contributed by atoms with Crippen LogP contribution in [0, 0.1) is 5.41 Å². The number of rotatable bonds is 4. The lowest BCUT2D eigenvalue weighted by molar-refractivity contribution is -0.133. The van der Waals surface area contributed by atoms with Gasteiger partial charge in [-0.1, -0.05) is 32.0 Å². The average molecular weight is 305 g/mol. The van der Waals surface area contributed by atoms with E-state index in [0.29, 0.717) is 6.04 Å². The normalized spacial score (nSPS) is 21.0. The predicted octanol–water partition coefficient (Wildman–Crippen LogP) is 3.36. The van der Waals surface area contributed by atoms with E-state index >= 15 is 0 Å². The van der Waals surface area contributed by atoms with Crippen LogP contribution in [0.4, 0.5) is 0 Å². The molecule has 0 aliphatic heterocycles. The van der Waals surface area contributed by atoms with E-state index in [1.54, 1.807) is 6.20 Å². The molecule has 5 nitrogen and oxygen atoms in total. The zero-order chi connectivity index (χ0) is 15.0. The summed E-state index contributed by atoms with van der Waals surface area (Å²) in [5.41, 5.74) is 1.89. The van der Waals surface area contributed by atoms with Gasteiger partial charge in [-0.3, -0.25) is 9.36 Å². The fourth-order valence-electron chi connectivity index (χ4n) is 3.20. The van der Waals surface area contributed by atoms with Gasteiger partial charge in [-0.05, 0) is 30.4 Å². The first-order chi connectivity index (χ1) is 9.99. The Labute approximate surface area is 127 Å². The summed E-state index contributed by atoms with van der Waals surface area (Å²) in [6, 6.07) is 4.13. The van der Waals surface area contributed by atoms with Gasteiger partial charge < -0.3 is 5.11 Å². The van der Waals surface area contributed by atoms with E-state index < -0.39 is 5.97 Å². The molecule has 1 aliphatic rings. The van der Waals surface area contributed by atoms with E-state index in [0.717, 1.165) is 22.7 Å². The summed E-state index contributed by atoms with van der Waals surface area (Å²) < 4.78 is 2.16. The van der Waals surface area contributed by atoms with Gasteiger partial charge in [0.05, 0.1) is 5.75 Å². The van der Waals surface area contributed by atoms with Crippen LogP contribution in [-0.4, -0.2) is 31.4 Å². The molecular formula is C15H19N3O2S. The topological polar surface area (TPSA) is 68.0 Å². The van der Waals surface area contributed by atoms with Gasteiger partial charge in [0.1, 0.15) is 5.52 Å². The fraction of sp³-hybridized carbons (Fsp3) is 0.533. The number of fused-ring (bicyclic) bond motifs is 1. The Morgan fingerprint density at radius 2 is 2.38 bits per heavy atom. The van der Waals surface area contributed by atoms with Crippen LogP contribution in [0.5, 0.6) is 0 Å². The second-order valence-corrected chi connectivity index (χ2v) is 7.13. The third-order valence-corrected chi connectivity index (χ3v) is 5.19. The van der Waals surface area contributed by atoms with Gasteiger partial charge in [0, 0.05) is 12.2 Å². The van der Waals surface area contributed by atoms with Crippen LogP contribution < -0.4 is 0 Å². The Morgan fingerprint density at radius 1 is 1.57 bits per heavy atom. The van der Waals surface area contributed by atoms with Gasteiger partial charge in [-0.25, -0.2) is 9.97 Å². The van der Waals surface area contributed by atoms with Crippen LogP contribution in [0.1, 0.15) is 39.2 Å². The molecule has 2 aromatic rings. The van der Waals surface area contributed by atoms with Crippen molar-refractivity contribution in [3.8, 4) is 0 Å². The van der Waals surface area contributed by atoms with E-state index in [2.05, 4.69) is 28.4 Å². The quantitative estimate of drug-likeness (QED) is 0.877. The largest absolute Gasteiger partial charge is 0.481 e. The van der Waals surface area contributed by atoms with E-state index in [1.807, 2.05) is 12.1 Å². The summed E-state index contributed by atoms with van der Waals surface area (Å²) in [7, 11) is 0. The molecule has 1 fully saturated rings. The maximum Gasteiger partial charge on any atom is 0.313 e. The molecule has 3 rings (SSSR count).